The number of pyridine rings is 1. The standard InChI is InChI=1S/C27H23N3O4S/c31-20-9-11-29-25(26(20)32)27(33)28-10-8-16-12-18(16)13-34-21-6-3-4-17-14-35-22-7-2-1-5-19(22)24(23(17)21)30(29)15-28/h1-7,9,11-12,16,24,32H,8,10,13-15H2/t16-,24-/m1/s1. The number of amides is 1. The molecule has 35 heavy (non-hydrogen) atoms. The Balaban J connectivity index is 1.52. The number of carbonyl (C=O) groups is 1. The van der Waals surface area contributed by atoms with Crippen LogP contribution in [-0.4, -0.2) is 40.4 Å². The molecule has 7 rings (SSSR count). The molecule has 3 aliphatic heterocycles. The molecule has 4 heterocycles. The molecule has 0 fully saturated rings. The van der Waals surface area contributed by atoms with E-state index < -0.39 is 11.2 Å². The third-order valence-electron chi connectivity index (χ3n) is 7.35. The Hall–Kier alpha value is -3.65. The second-order valence-corrected chi connectivity index (χ2v) is 10.4. The van der Waals surface area contributed by atoms with Crippen molar-refractivity contribution in [2.75, 3.05) is 24.8 Å². The first-order chi connectivity index (χ1) is 17.1. The number of aromatic nitrogens is 1. The second kappa shape index (κ2) is 7.68. The first-order valence-electron chi connectivity index (χ1n) is 11.8. The summed E-state index contributed by atoms with van der Waals surface area (Å²) >= 11 is 1.78. The van der Waals surface area contributed by atoms with E-state index in [4.69, 9.17) is 4.74 Å². The lowest BCUT2D eigenvalue weighted by atomic mass is 9.93. The van der Waals surface area contributed by atoms with Crippen molar-refractivity contribution in [2.45, 2.75) is 23.1 Å². The third-order valence-corrected chi connectivity index (χ3v) is 8.49. The summed E-state index contributed by atoms with van der Waals surface area (Å²) in [4.78, 5) is 28.8. The molecule has 2 bridgehead atoms. The number of benzene rings is 2. The number of hydrogen-bond donors (Lipinski definition) is 1. The lowest BCUT2D eigenvalue weighted by Gasteiger charge is -2.44. The van der Waals surface area contributed by atoms with Gasteiger partial charge in [0.05, 0.1) is 0 Å². The van der Waals surface area contributed by atoms with Crippen LogP contribution >= 0.6 is 11.8 Å². The molecule has 2 atom stereocenters. The molecule has 0 unspecified atom stereocenters. The highest BCUT2D eigenvalue weighted by molar-refractivity contribution is 7.98. The Morgan fingerprint density at radius 2 is 1.94 bits per heavy atom. The molecule has 1 aliphatic carbocycles. The van der Waals surface area contributed by atoms with E-state index in [1.165, 1.54) is 17.2 Å². The van der Waals surface area contributed by atoms with Gasteiger partial charge in [0, 0.05) is 40.9 Å². The van der Waals surface area contributed by atoms with Gasteiger partial charge in [-0.1, -0.05) is 36.4 Å². The summed E-state index contributed by atoms with van der Waals surface area (Å²) in [5.41, 5.74) is 4.04. The Morgan fingerprint density at radius 3 is 2.86 bits per heavy atom. The maximum atomic E-state index is 13.5. The van der Waals surface area contributed by atoms with Gasteiger partial charge in [-0.25, -0.2) is 0 Å². The first-order valence-corrected chi connectivity index (χ1v) is 12.8. The van der Waals surface area contributed by atoms with E-state index in [1.807, 2.05) is 24.3 Å². The van der Waals surface area contributed by atoms with Crippen molar-refractivity contribution in [2.24, 2.45) is 5.92 Å². The van der Waals surface area contributed by atoms with Crippen molar-refractivity contribution >= 4 is 17.7 Å². The fraction of sp³-hybridized carbons (Fsp3) is 0.259. The van der Waals surface area contributed by atoms with Crippen molar-refractivity contribution in [3.8, 4) is 11.5 Å². The molecule has 8 heteroatoms. The van der Waals surface area contributed by atoms with Gasteiger partial charge in [-0.3, -0.25) is 19.3 Å². The van der Waals surface area contributed by atoms with Crippen molar-refractivity contribution in [3.63, 3.8) is 0 Å². The Morgan fingerprint density at radius 1 is 1.06 bits per heavy atom. The number of fused-ring (bicyclic) bond motifs is 8. The van der Waals surface area contributed by atoms with Gasteiger partial charge in [0.25, 0.3) is 5.91 Å². The Bertz CT molecular complexity index is 1480. The molecule has 4 aliphatic rings. The summed E-state index contributed by atoms with van der Waals surface area (Å²) in [6.45, 7) is 1.40. The van der Waals surface area contributed by atoms with Crippen molar-refractivity contribution in [1.82, 2.24) is 9.58 Å². The largest absolute Gasteiger partial charge is 0.502 e. The minimum atomic E-state index is -0.556. The topological polar surface area (TPSA) is 75.0 Å². The number of rotatable bonds is 0. The molecule has 0 radical (unpaired) electrons. The Labute approximate surface area is 206 Å². The minimum Gasteiger partial charge on any atom is -0.502 e. The lowest BCUT2D eigenvalue weighted by Crippen LogP contribution is -2.55. The average Bonchev–Trinajstić information content (AvgIpc) is 3.65. The number of aromatic hydroxyl groups is 1. The van der Waals surface area contributed by atoms with E-state index in [-0.39, 0.29) is 17.6 Å². The van der Waals surface area contributed by atoms with E-state index in [1.54, 1.807) is 27.5 Å². The summed E-state index contributed by atoms with van der Waals surface area (Å²) in [6.07, 6.45) is 4.59. The van der Waals surface area contributed by atoms with Gasteiger partial charge in [-0.05, 0) is 35.3 Å². The van der Waals surface area contributed by atoms with Crippen LogP contribution in [0.4, 0.5) is 0 Å². The Kier molecular flexibility index (Phi) is 4.54. The van der Waals surface area contributed by atoms with Crippen LogP contribution in [0.3, 0.4) is 0 Å². The monoisotopic (exact) mass is 485 g/mol. The maximum absolute atomic E-state index is 13.5. The van der Waals surface area contributed by atoms with Gasteiger partial charge in [0.1, 0.15) is 25.1 Å². The third kappa shape index (κ3) is 3.20. The highest BCUT2D eigenvalue weighted by atomic mass is 32.2. The lowest BCUT2D eigenvalue weighted by molar-refractivity contribution is 0.0674. The quantitative estimate of drug-likeness (QED) is 0.490. The normalized spacial score (nSPS) is 22.2. The number of thioether (sulfide) groups is 1. The molecular formula is C27H23N3O4S. The van der Waals surface area contributed by atoms with Crippen LogP contribution in [-0.2, 0) is 5.75 Å². The maximum Gasteiger partial charge on any atom is 0.277 e. The van der Waals surface area contributed by atoms with Gasteiger partial charge in [0.2, 0.25) is 5.43 Å². The van der Waals surface area contributed by atoms with Crippen molar-refractivity contribution in [1.29, 1.82) is 0 Å². The van der Waals surface area contributed by atoms with Gasteiger partial charge >= 0.3 is 0 Å². The average molecular weight is 486 g/mol. The van der Waals surface area contributed by atoms with Gasteiger partial charge in [-0.15, -0.1) is 11.8 Å². The molecule has 1 N–H and O–H groups in total. The highest BCUT2D eigenvalue weighted by Gasteiger charge is 2.40. The number of hydrogen-bond acceptors (Lipinski definition) is 6. The summed E-state index contributed by atoms with van der Waals surface area (Å²) in [5, 5.41) is 12.8. The SMILES string of the molecule is O=C1c2c(O)c(=O)ccn2N2CN1CC[C@@H]1C=C1COc1cccc3c1[C@H]2c1ccccc1SC3. The van der Waals surface area contributed by atoms with Gasteiger partial charge in [-0.2, -0.15) is 0 Å². The van der Waals surface area contributed by atoms with E-state index in [0.29, 0.717) is 25.7 Å². The van der Waals surface area contributed by atoms with E-state index in [2.05, 4.69) is 29.3 Å². The van der Waals surface area contributed by atoms with Crippen LogP contribution in [0, 0.1) is 5.92 Å². The predicted molar refractivity (Wildman–Crippen MR) is 132 cm³/mol. The second-order valence-electron chi connectivity index (χ2n) is 9.35. The molecule has 176 valence electrons. The zero-order chi connectivity index (χ0) is 23.7. The molecule has 3 aromatic rings. The molecule has 0 saturated carbocycles. The first kappa shape index (κ1) is 20.7. The van der Waals surface area contributed by atoms with Crippen molar-refractivity contribution < 1.29 is 14.6 Å². The number of ether oxygens (including phenoxy) is 1. The molecule has 1 aromatic heterocycles. The van der Waals surface area contributed by atoms with E-state index in [0.717, 1.165) is 33.9 Å². The molecular weight excluding hydrogens is 462 g/mol. The summed E-state index contributed by atoms with van der Waals surface area (Å²) in [7, 11) is 0. The number of carbonyl (C=O) groups excluding carboxylic acids is 1. The van der Waals surface area contributed by atoms with Crippen LogP contribution in [0.15, 0.2) is 76.1 Å². The number of nitrogens with zero attached hydrogens (tertiary/aromatic N) is 3. The van der Waals surface area contributed by atoms with E-state index >= 15 is 0 Å². The molecule has 7 nitrogen and oxygen atoms in total. The fourth-order valence-corrected chi connectivity index (χ4v) is 6.55. The summed E-state index contributed by atoms with van der Waals surface area (Å²) < 4.78 is 8.09. The summed E-state index contributed by atoms with van der Waals surface area (Å²) in [5.74, 6) is 1.11. The van der Waals surface area contributed by atoms with E-state index in [9.17, 15) is 14.7 Å². The van der Waals surface area contributed by atoms with Crippen LogP contribution < -0.4 is 15.2 Å². The molecule has 2 aromatic carbocycles. The molecule has 0 saturated heterocycles. The molecule has 1 amide bonds. The predicted octanol–water partition coefficient (Wildman–Crippen LogP) is 3.64. The van der Waals surface area contributed by atoms with Crippen LogP contribution in [0.25, 0.3) is 0 Å². The fourth-order valence-electron chi connectivity index (χ4n) is 5.47. The zero-order valence-corrected chi connectivity index (χ0v) is 19.7. The molecule has 0 spiro atoms. The summed E-state index contributed by atoms with van der Waals surface area (Å²) in [6, 6.07) is 15.5. The van der Waals surface area contributed by atoms with Crippen LogP contribution in [0.2, 0.25) is 0 Å². The van der Waals surface area contributed by atoms with Crippen molar-refractivity contribution in [3.05, 3.63) is 99.0 Å². The highest BCUT2D eigenvalue weighted by Crippen LogP contribution is 2.47. The van der Waals surface area contributed by atoms with Crippen LogP contribution in [0.5, 0.6) is 11.5 Å². The zero-order valence-electron chi connectivity index (χ0n) is 18.9. The van der Waals surface area contributed by atoms with Gasteiger partial charge < -0.3 is 14.7 Å². The van der Waals surface area contributed by atoms with Gasteiger partial charge in [0.15, 0.2) is 11.4 Å². The van der Waals surface area contributed by atoms with Crippen LogP contribution in [0.1, 0.15) is 39.6 Å². The smallest absolute Gasteiger partial charge is 0.277 e. The minimum absolute atomic E-state index is 0.0131. The number of allylic oxidation sites excluding steroid dienone is 1.